The number of carboxylic acid groups (broad SMARTS) is 1. The van der Waals surface area contributed by atoms with Gasteiger partial charge in [0.05, 0.1) is 28.1 Å². The Bertz CT molecular complexity index is 1380. The summed E-state index contributed by atoms with van der Waals surface area (Å²) in [6.45, 7) is 4.32. The number of aliphatic hydroxyl groups is 1. The molecule has 1 atom stereocenters. The number of pyridine rings is 1. The summed E-state index contributed by atoms with van der Waals surface area (Å²) in [4.78, 5) is 15.3. The van der Waals surface area contributed by atoms with Gasteiger partial charge in [0.15, 0.2) is 0 Å². The molecular formula is C30H38ClN3O5S. The second-order valence-electron chi connectivity index (χ2n) is 10.6. The van der Waals surface area contributed by atoms with Crippen molar-refractivity contribution in [2.45, 2.75) is 62.5 Å². The average Bonchev–Trinajstić information content (AvgIpc) is 2.91. The summed E-state index contributed by atoms with van der Waals surface area (Å²) < 4.78 is 27.5. The summed E-state index contributed by atoms with van der Waals surface area (Å²) in [7, 11) is -2.48. The molecule has 1 aromatic heterocycles. The van der Waals surface area contributed by atoms with Crippen LogP contribution in [0.5, 0.6) is 0 Å². The second-order valence-corrected chi connectivity index (χ2v) is 13.0. The fourth-order valence-electron chi connectivity index (χ4n) is 4.37. The zero-order valence-corrected chi connectivity index (χ0v) is 24.8. The van der Waals surface area contributed by atoms with Crippen molar-refractivity contribution in [2.75, 3.05) is 20.1 Å². The molecule has 10 heteroatoms. The van der Waals surface area contributed by atoms with Gasteiger partial charge in [-0.2, -0.15) is 4.31 Å². The fourth-order valence-corrected chi connectivity index (χ4v) is 5.95. The minimum Gasteiger partial charge on any atom is -0.481 e. The third kappa shape index (κ3) is 9.38. The maximum atomic E-state index is 13.2. The summed E-state index contributed by atoms with van der Waals surface area (Å²) >= 11 is 6.46. The Morgan fingerprint density at radius 3 is 2.48 bits per heavy atom. The van der Waals surface area contributed by atoms with E-state index in [1.54, 1.807) is 24.3 Å². The van der Waals surface area contributed by atoms with Gasteiger partial charge in [0, 0.05) is 43.4 Å². The first kappa shape index (κ1) is 31.7. The number of aliphatic carboxylic acids is 1. The van der Waals surface area contributed by atoms with Crippen LogP contribution in [0.15, 0.2) is 71.6 Å². The molecule has 0 fully saturated rings. The number of aryl methyl sites for hydroxylation is 2. The smallest absolute Gasteiger partial charge is 0.303 e. The number of β-amino-alcohol motifs (C(OH)–C–C–N with tert-alkyl or cyclic N) is 1. The van der Waals surface area contributed by atoms with Gasteiger partial charge in [-0.15, -0.1) is 0 Å². The van der Waals surface area contributed by atoms with Crippen molar-refractivity contribution in [3.05, 3.63) is 83.0 Å². The fraction of sp³-hybridized carbons (Fsp3) is 0.400. The molecule has 0 aliphatic heterocycles. The maximum absolute atomic E-state index is 13.2. The highest BCUT2D eigenvalue weighted by Gasteiger charge is 2.25. The minimum absolute atomic E-state index is 0.00665. The summed E-state index contributed by atoms with van der Waals surface area (Å²) in [6, 6.07) is 19.9. The monoisotopic (exact) mass is 587 g/mol. The quantitative estimate of drug-likeness (QED) is 0.234. The van der Waals surface area contributed by atoms with E-state index in [-0.39, 0.29) is 41.4 Å². The SMILES string of the molecule is CN(CC(O)CNC(C)(C)CCCc1ccccc1)S(=O)(=O)c1ccc(-c2cccc(CCC(=O)O)n2)c(Cl)c1. The highest BCUT2D eigenvalue weighted by atomic mass is 35.5. The summed E-state index contributed by atoms with van der Waals surface area (Å²) in [5.74, 6) is -0.910. The van der Waals surface area contributed by atoms with Gasteiger partial charge in [-0.1, -0.05) is 48.0 Å². The first-order chi connectivity index (χ1) is 18.9. The Kier molecular flexibility index (Phi) is 11.2. The lowest BCUT2D eigenvalue weighted by Gasteiger charge is -2.29. The molecule has 0 bridgehead atoms. The molecular weight excluding hydrogens is 550 g/mol. The predicted molar refractivity (Wildman–Crippen MR) is 158 cm³/mol. The molecule has 3 rings (SSSR count). The first-order valence-corrected chi connectivity index (χ1v) is 15.1. The van der Waals surface area contributed by atoms with Gasteiger partial charge < -0.3 is 15.5 Å². The molecule has 1 heterocycles. The van der Waals surface area contributed by atoms with Crippen LogP contribution >= 0.6 is 11.6 Å². The molecule has 1 unspecified atom stereocenters. The standard InChI is InChI=1S/C30H38ClN3O5S/c1-30(2,18-8-11-22-9-5-4-6-10-22)32-20-24(35)21-34(3)40(38,39)25-15-16-26(27(31)19-25)28-13-7-12-23(33-28)14-17-29(36)37/h4-7,9-10,12-13,15-16,19,24,32,35H,8,11,14,17-18,20-21H2,1-3H3,(H,36,37). The number of carbonyl (C=O) groups is 1. The second kappa shape index (κ2) is 14.2. The van der Waals surface area contributed by atoms with Gasteiger partial charge in [-0.3, -0.25) is 9.78 Å². The molecule has 0 spiro atoms. The lowest BCUT2D eigenvalue weighted by Crippen LogP contribution is -2.46. The molecule has 0 aliphatic rings. The van der Waals surface area contributed by atoms with Crippen LogP contribution in [0.3, 0.4) is 0 Å². The normalized spacial score (nSPS) is 12.9. The summed E-state index contributed by atoms with van der Waals surface area (Å²) in [5, 5.41) is 23.1. The number of rotatable bonds is 15. The average molecular weight is 588 g/mol. The predicted octanol–water partition coefficient (Wildman–Crippen LogP) is 4.79. The number of aliphatic hydroxyl groups excluding tert-OH is 1. The van der Waals surface area contributed by atoms with Gasteiger partial charge in [-0.25, -0.2) is 8.42 Å². The third-order valence-corrected chi connectivity index (χ3v) is 8.85. The number of halogens is 1. The number of hydrogen-bond donors (Lipinski definition) is 3. The zero-order chi connectivity index (χ0) is 29.3. The van der Waals surface area contributed by atoms with Gasteiger partial charge in [0.2, 0.25) is 10.0 Å². The maximum Gasteiger partial charge on any atom is 0.303 e. The van der Waals surface area contributed by atoms with E-state index in [0.29, 0.717) is 17.0 Å². The lowest BCUT2D eigenvalue weighted by molar-refractivity contribution is -0.136. The number of hydrogen-bond acceptors (Lipinski definition) is 6. The van der Waals surface area contributed by atoms with Gasteiger partial charge in [0.1, 0.15) is 0 Å². The van der Waals surface area contributed by atoms with E-state index in [9.17, 15) is 18.3 Å². The van der Waals surface area contributed by atoms with Gasteiger partial charge >= 0.3 is 5.97 Å². The van der Waals surface area contributed by atoms with Crippen LogP contribution in [0.25, 0.3) is 11.3 Å². The Hall–Kier alpha value is -2.82. The van der Waals surface area contributed by atoms with E-state index < -0.39 is 22.1 Å². The van der Waals surface area contributed by atoms with E-state index >= 15 is 0 Å². The van der Waals surface area contributed by atoms with E-state index in [1.807, 2.05) is 18.2 Å². The summed E-state index contributed by atoms with van der Waals surface area (Å²) in [6.07, 6.45) is 2.21. The molecule has 40 heavy (non-hydrogen) atoms. The van der Waals surface area contributed by atoms with Crippen LogP contribution in [0, 0.1) is 0 Å². The van der Waals surface area contributed by atoms with E-state index in [4.69, 9.17) is 16.7 Å². The molecule has 0 saturated carbocycles. The van der Waals surface area contributed by atoms with Crippen molar-refractivity contribution >= 4 is 27.6 Å². The Morgan fingerprint density at radius 2 is 1.80 bits per heavy atom. The van der Waals surface area contributed by atoms with Crippen molar-refractivity contribution in [1.29, 1.82) is 0 Å². The largest absolute Gasteiger partial charge is 0.481 e. The molecule has 0 saturated heterocycles. The van der Waals surface area contributed by atoms with Crippen LogP contribution < -0.4 is 5.32 Å². The molecule has 216 valence electrons. The first-order valence-electron chi connectivity index (χ1n) is 13.3. The number of carboxylic acids is 1. The highest BCUT2D eigenvalue weighted by Crippen LogP contribution is 2.30. The van der Waals surface area contributed by atoms with Crippen LogP contribution in [0.4, 0.5) is 0 Å². The van der Waals surface area contributed by atoms with Crippen LogP contribution in [0.1, 0.15) is 44.4 Å². The Morgan fingerprint density at radius 1 is 1.07 bits per heavy atom. The molecule has 0 aliphatic carbocycles. The zero-order valence-electron chi connectivity index (χ0n) is 23.2. The Labute approximate surface area is 242 Å². The van der Waals surface area contributed by atoms with Crippen molar-refractivity contribution < 1.29 is 23.4 Å². The van der Waals surface area contributed by atoms with Crippen LogP contribution in [-0.4, -0.2) is 65.7 Å². The number of nitrogens with one attached hydrogen (secondary N) is 1. The van der Waals surface area contributed by atoms with Crippen LogP contribution in [0.2, 0.25) is 5.02 Å². The minimum atomic E-state index is -3.90. The number of sulfonamides is 1. The number of benzene rings is 2. The van der Waals surface area contributed by atoms with E-state index in [2.05, 4.69) is 36.3 Å². The topological polar surface area (TPSA) is 120 Å². The molecule has 0 amide bonds. The van der Waals surface area contributed by atoms with Crippen molar-refractivity contribution in [2.24, 2.45) is 0 Å². The Balaban J connectivity index is 1.57. The molecule has 0 radical (unpaired) electrons. The van der Waals surface area contributed by atoms with Gasteiger partial charge in [-0.05, 0) is 69.0 Å². The molecule has 3 aromatic rings. The van der Waals surface area contributed by atoms with E-state index in [0.717, 1.165) is 23.6 Å². The number of aromatic nitrogens is 1. The third-order valence-electron chi connectivity index (χ3n) is 6.72. The number of likely N-dealkylation sites (N-methyl/N-ethyl adjacent to an activating group) is 1. The molecule has 2 aromatic carbocycles. The van der Waals surface area contributed by atoms with Gasteiger partial charge in [0.25, 0.3) is 0 Å². The highest BCUT2D eigenvalue weighted by molar-refractivity contribution is 7.89. The van der Waals surface area contributed by atoms with Crippen molar-refractivity contribution in [3.8, 4) is 11.3 Å². The van der Waals surface area contributed by atoms with Crippen molar-refractivity contribution in [3.63, 3.8) is 0 Å². The van der Waals surface area contributed by atoms with Crippen molar-refractivity contribution in [1.82, 2.24) is 14.6 Å². The lowest BCUT2D eigenvalue weighted by atomic mass is 9.95. The van der Waals surface area contributed by atoms with E-state index in [1.165, 1.54) is 24.7 Å². The van der Waals surface area contributed by atoms with Crippen LogP contribution in [-0.2, 0) is 27.7 Å². The molecule has 3 N–H and O–H groups in total. The number of nitrogens with zero attached hydrogens (tertiary/aromatic N) is 2. The molecule has 8 nitrogen and oxygen atoms in total. The summed E-state index contributed by atoms with van der Waals surface area (Å²) in [5.41, 5.74) is 2.75.